The van der Waals surface area contributed by atoms with Crippen LogP contribution in [0, 0.1) is 0 Å². The van der Waals surface area contributed by atoms with Crippen LogP contribution in [0.5, 0.6) is 0 Å². The summed E-state index contributed by atoms with van der Waals surface area (Å²) in [6, 6.07) is 3.85. The number of nitrogens with zero attached hydrogens (tertiary/aromatic N) is 2. The van der Waals surface area contributed by atoms with E-state index in [2.05, 4.69) is 4.98 Å². The molecule has 2 rings (SSSR count). The molecular weight excluding hydrogens is 206 g/mol. The Bertz CT molecular complexity index is 356. The van der Waals surface area contributed by atoms with Crippen LogP contribution in [0.25, 0.3) is 0 Å². The van der Waals surface area contributed by atoms with Crippen LogP contribution >= 0.6 is 0 Å². The van der Waals surface area contributed by atoms with Crippen molar-refractivity contribution in [1.82, 2.24) is 9.88 Å². The molecule has 16 heavy (non-hydrogen) atoms. The molecule has 1 aromatic heterocycles. The highest BCUT2D eigenvalue weighted by Gasteiger charge is 2.28. The molecule has 0 spiro atoms. The Kier molecular flexibility index (Phi) is 3.36. The fourth-order valence-corrected chi connectivity index (χ4v) is 1.80. The molecule has 5 heteroatoms. The Balaban J connectivity index is 2.08. The van der Waals surface area contributed by atoms with Crippen molar-refractivity contribution in [3.8, 4) is 0 Å². The number of aromatic nitrogens is 1. The molecule has 1 unspecified atom stereocenters. The number of hydrogen-bond donors (Lipinski definition) is 1. The van der Waals surface area contributed by atoms with Crippen LogP contribution in [0.15, 0.2) is 24.5 Å². The summed E-state index contributed by atoms with van der Waals surface area (Å²) >= 11 is 0. The predicted octanol–water partition coefficient (Wildman–Crippen LogP) is 0.751. The van der Waals surface area contributed by atoms with Gasteiger partial charge in [-0.1, -0.05) is 6.07 Å². The third-order valence-electron chi connectivity index (χ3n) is 2.70. The van der Waals surface area contributed by atoms with Gasteiger partial charge in [-0.15, -0.1) is 0 Å². The molecular formula is C11H15N3O2. The summed E-state index contributed by atoms with van der Waals surface area (Å²) in [5.74, 6) is 0. The molecule has 0 bridgehead atoms. The molecule has 0 aromatic carbocycles. The van der Waals surface area contributed by atoms with Gasteiger partial charge in [-0.2, -0.15) is 0 Å². The fourth-order valence-electron chi connectivity index (χ4n) is 1.80. The second-order valence-electron chi connectivity index (χ2n) is 3.78. The zero-order chi connectivity index (χ0) is 11.4. The van der Waals surface area contributed by atoms with E-state index < -0.39 is 0 Å². The normalized spacial score (nSPS) is 20.7. The molecule has 2 N–H and O–H groups in total. The standard InChI is InChI=1S/C11H15N3O2/c12-6-10-3-5-16-11(15)14(10)8-9-2-1-4-13-7-9/h1-2,4,7,10H,3,5-6,8,12H2. The van der Waals surface area contributed by atoms with Gasteiger partial charge in [0.25, 0.3) is 0 Å². The number of carbonyl (C=O) groups excluding carboxylic acids is 1. The molecule has 1 amide bonds. The van der Waals surface area contributed by atoms with Crippen molar-refractivity contribution in [2.24, 2.45) is 5.73 Å². The van der Waals surface area contributed by atoms with Gasteiger partial charge in [-0.05, 0) is 11.6 Å². The molecule has 1 saturated heterocycles. The van der Waals surface area contributed by atoms with E-state index in [-0.39, 0.29) is 12.1 Å². The summed E-state index contributed by atoms with van der Waals surface area (Å²) < 4.78 is 5.01. The van der Waals surface area contributed by atoms with E-state index in [4.69, 9.17) is 10.5 Å². The van der Waals surface area contributed by atoms with E-state index in [0.29, 0.717) is 19.7 Å². The molecule has 1 atom stereocenters. The maximum Gasteiger partial charge on any atom is 0.410 e. The van der Waals surface area contributed by atoms with Crippen molar-refractivity contribution in [3.63, 3.8) is 0 Å². The van der Waals surface area contributed by atoms with E-state index in [1.165, 1.54) is 0 Å². The Morgan fingerprint density at radius 2 is 2.50 bits per heavy atom. The smallest absolute Gasteiger partial charge is 0.410 e. The lowest BCUT2D eigenvalue weighted by molar-refractivity contribution is 0.0429. The molecule has 86 valence electrons. The van der Waals surface area contributed by atoms with Gasteiger partial charge in [0.2, 0.25) is 0 Å². The maximum atomic E-state index is 11.6. The summed E-state index contributed by atoms with van der Waals surface area (Å²) in [5, 5.41) is 0. The minimum atomic E-state index is -0.287. The first-order valence-electron chi connectivity index (χ1n) is 5.33. The Morgan fingerprint density at radius 1 is 1.62 bits per heavy atom. The number of carbonyl (C=O) groups is 1. The molecule has 1 fully saturated rings. The second kappa shape index (κ2) is 4.94. The Labute approximate surface area is 94.2 Å². The van der Waals surface area contributed by atoms with Crippen molar-refractivity contribution in [2.45, 2.75) is 19.0 Å². The third kappa shape index (κ3) is 2.30. The monoisotopic (exact) mass is 221 g/mol. The van der Waals surface area contributed by atoms with Gasteiger partial charge in [-0.3, -0.25) is 9.88 Å². The molecule has 1 aromatic rings. The minimum Gasteiger partial charge on any atom is -0.449 e. The topological polar surface area (TPSA) is 68.5 Å². The number of pyridine rings is 1. The largest absolute Gasteiger partial charge is 0.449 e. The SMILES string of the molecule is NCC1CCOC(=O)N1Cc1cccnc1. The summed E-state index contributed by atoms with van der Waals surface area (Å²) in [6.07, 6.45) is 3.96. The predicted molar refractivity (Wildman–Crippen MR) is 58.6 cm³/mol. The van der Waals surface area contributed by atoms with Crippen molar-refractivity contribution in [1.29, 1.82) is 0 Å². The molecule has 0 radical (unpaired) electrons. The van der Waals surface area contributed by atoms with Crippen LogP contribution in [-0.2, 0) is 11.3 Å². The number of hydrogen-bond acceptors (Lipinski definition) is 4. The maximum absolute atomic E-state index is 11.6. The van der Waals surface area contributed by atoms with Crippen LogP contribution in [0.4, 0.5) is 4.79 Å². The van der Waals surface area contributed by atoms with E-state index in [9.17, 15) is 4.79 Å². The second-order valence-corrected chi connectivity index (χ2v) is 3.78. The van der Waals surface area contributed by atoms with Crippen molar-refractivity contribution in [2.75, 3.05) is 13.2 Å². The van der Waals surface area contributed by atoms with Crippen LogP contribution < -0.4 is 5.73 Å². The number of rotatable bonds is 3. The van der Waals surface area contributed by atoms with Gasteiger partial charge in [0, 0.05) is 25.4 Å². The average Bonchev–Trinajstić information content (AvgIpc) is 2.33. The highest BCUT2D eigenvalue weighted by Crippen LogP contribution is 2.15. The quantitative estimate of drug-likeness (QED) is 0.817. The van der Waals surface area contributed by atoms with Gasteiger partial charge in [0.05, 0.1) is 19.2 Å². The van der Waals surface area contributed by atoms with Gasteiger partial charge in [-0.25, -0.2) is 4.79 Å². The van der Waals surface area contributed by atoms with Crippen LogP contribution in [-0.4, -0.2) is 35.2 Å². The first-order chi connectivity index (χ1) is 7.81. The molecule has 1 aliphatic rings. The lowest BCUT2D eigenvalue weighted by Gasteiger charge is -2.34. The lowest BCUT2D eigenvalue weighted by Crippen LogP contribution is -2.48. The van der Waals surface area contributed by atoms with Crippen molar-refractivity contribution < 1.29 is 9.53 Å². The molecule has 1 aliphatic heterocycles. The third-order valence-corrected chi connectivity index (χ3v) is 2.70. The number of ether oxygens (including phenoxy) is 1. The van der Waals surface area contributed by atoms with Crippen LogP contribution in [0.3, 0.4) is 0 Å². The zero-order valence-corrected chi connectivity index (χ0v) is 9.00. The highest BCUT2D eigenvalue weighted by molar-refractivity contribution is 5.68. The zero-order valence-electron chi connectivity index (χ0n) is 9.00. The van der Waals surface area contributed by atoms with Gasteiger partial charge in [0.1, 0.15) is 0 Å². The summed E-state index contributed by atoms with van der Waals surface area (Å²) in [5.41, 5.74) is 6.63. The molecule has 5 nitrogen and oxygen atoms in total. The lowest BCUT2D eigenvalue weighted by atomic mass is 10.1. The minimum absolute atomic E-state index is 0.0708. The highest BCUT2D eigenvalue weighted by atomic mass is 16.6. The number of amides is 1. The van der Waals surface area contributed by atoms with E-state index in [0.717, 1.165) is 12.0 Å². The van der Waals surface area contributed by atoms with Gasteiger partial charge in [0.15, 0.2) is 0 Å². The van der Waals surface area contributed by atoms with E-state index in [1.807, 2.05) is 12.1 Å². The Hall–Kier alpha value is -1.62. The number of nitrogens with two attached hydrogens (primary N) is 1. The summed E-state index contributed by atoms with van der Waals surface area (Å²) in [6.45, 7) is 1.44. The first kappa shape index (κ1) is 10.9. The van der Waals surface area contributed by atoms with E-state index in [1.54, 1.807) is 17.3 Å². The van der Waals surface area contributed by atoms with Crippen LogP contribution in [0.2, 0.25) is 0 Å². The van der Waals surface area contributed by atoms with Crippen molar-refractivity contribution in [3.05, 3.63) is 30.1 Å². The average molecular weight is 221 g/mol. The van der Waals surface area contributed by atoms with Crippen LogP contribution in [0.1, 0.15) is 12.0 Å². The molecule has 2 heterocycles. The fraction of sp³-hybridized carbons (Fsp3) is 0.455. The van der Waals surface area contributed by atoms with E-state index >= 15 is 0 Å². The van der Waals surface area contributed by atoms with Crippen molar-refractivity contribution >= 4 is 6.09 Å². The van der Waals surface area contributed by atoms with Gasteiger partial charge < -0.3 is 10.5 Å². The first-order valence-corrected chi connectivity index (χ1v) is 5.33. The number of cyclic esters (lactones) is 1. The Morgan fingerprint density at radius 3 is 3.19 bits per heavy atom. The summed E-state index contributed by atoms with van der Waals surface area (Å²) in [7, 11) is 0. The van der Waals surface area contributed by atoms with Gasteiger partial charge >= 0.3 is 6.09 Å². The summed E-state index contributed by atoms with van der Waals surface area (Å²) in [4.78, 5) is 17.3. The molecule has 0 aliphatic carbocycles. The molecule has 0 saturated carbocycles.